The zero-order valence-electron chi connectivity index (χ0n) is 7.32. The number of carbonyl (C=O) groups excluding carboxylic acids is 1. The van der Waals surface area contributed by atoms with Gasteiger partial charge in [0.05, 0.1) is 5.92 Å². The first kappa shape index (κ1) is 11.6. The number of carbonyl (C=O) groups is 3. The lowest BCUT2D eigenvalue weighted by molar-refractivity contribution is -0.144. The zero-order valence-corrected chi connectivity index (χ0v) is 7.32. The first-order chi connectivity index (χ1) is 5.93. The molecule has 0 aliphatic heterocycles. The van der Waals surface area contributed by atoms with Crippen LogP contribution in [0.3, 0.4) is 0 Å². The van der Waals surface area contributed by atoms with Gasteiger partial charge in [0.15, 0.2) is 0 Å². The highest BCUT2D eigenvalue weighted by molar-refractivity contribution is 5.82. The Hall–Kier alpha value is -1.39. The molecule has 0 fully saturated rings. The van der Waals surface area contributed by atoms with Crippen LogP contribution in [0.5, 0.6) is 0 Å². The van der Waals surface area contributed by atoms with Crippen molar-refractivity contribution in [1.82, 2.24) is 0 Å². The molecule has 0 heterocycles. The Morgan fingerprint density at radius 1 is 1.23 bits per heavy atom. The number of rotatable bonds is 6. The van der Waals surface area contributed by atoms with Crippen LogP contribution >= 0.6 is 0 Å². The summed E-state index contributed by atoms with van der Waals surface area (Å²) in [4.78, 5) is 31.2. The first-order valence-corrected chi connectivity index (χ1v) is 3.87. The molecule has 0 spiro atoms. The molecule has 0 saturated carbocycles. The summed E-state index contributed by atoms with van der Waals surface area (Å²) < 4.78 is 0. The standard InChI is InChI=1S/C8H12O5/c1-5(9)4-6(8(12)13)2-3-7(10)11/h6H,2-4H2,1H3,(H,10,11)(H,12,13)/t6-/m1/s1. The van der Waals surface area contributed by atoms with E-state index in [9.17, 15) is 14.4 Å². The van der Waals surface area contributed by atoms with Crippen LogP contribution in [0.25, 0.3) is 0 Å². The summed E-state index contributed by atoms with van der Waals surface area (Å²) in [7, 11) is 0. The zero-order chi connectivity index (χ0) is 10.4. The number of carboxylic acids is 2. The SMILES string of the molecule is CC(=O)C[C@@H](CCC(=O)O)C(=O)O. The molecule has 0 unspecified atom stereocenters. The number of Topliss-reactive ketones (excluding diaryl/α,β-unsaturated/α-hetero) is 1. The van der Waals surface area contributed by atoms with E-state index in [-0.39, 0.29) is 25.0 Å². The summed E-state index contributed by atoms with van der Waals surface area (Å²) in [5.74, 6) is -3.27. The van der Waals surface area contributed by atoms with Crippen LogP contribution in [0.1, 0.15) is 26.2 Å². The molecule has 0 radical (unpaired) electrons. The molecular formula is C8H12O5. The lowest BCUT2D eigenvalue weighted by Gasteiger charge is -2.07. The van der Waals surface area contributed by atoms with Crippen LogP contribution < -0.4 is 0 Å². The van der Waals surface area contributed by atoms with E-state index >= 15 is 0 Å². The van der Waals surface area contributed by atoms with Gasteiger partial charge in [-0.25, -0.2) is 0 Å². The van der Waals surface area contributed by atoms with E-state index < -0.39 is 17.9 Å². The second kappa shape index (κ2) is 5.29. The third kappa shape index (κ3) is 5.84. The fraction of sp³-hybridized carbons (Fsp3) is 0.625. The minimum absolute atomic E-state index is 0.00421. The van der Waals surface area contributed by atoms with E-state index in [2.05, 4.69) is 0 Å². The molecule has 0 aromatic rings. The van der Waals surface area contributed by atoms with Crippen molar-refractivity contribution in [2.24, 2.45) is 5.92 Å². The summed E-state index contributed by atoms with van der Waals surface area (Å²) in [6.07, 6.45) is -0.308. The van der Waals surface area contributed by atoms with Crippen molar-refractivity contribution in [3.8, 4) is 0 Å². The molecule has 0 aliphatic rings. The van der Waals surface area contributed by atoms with E-state index in [1.165, 1.54) is 6.92 Å². The Morgan fingerprint density at radius 3 is 2.08 bits per heavy atom. The average Bonchev–Trinajstić information content (AvgIpc) is 1.96. The lowest BCUT2D eigenvalue weighted by atomic mass is 9.98. The fourth-order valence-corrected chi connectivity index (χ4v) is 0.958. The summed E-state index contributed by atoms with van der Waals surface area (Å²) in [6.45, 7) is 1.29. The van der Waals surface area contributed by atoms with Crippen LogP contribution in [0.4, 0.5) is 0 Å². The van der Waals surface area contributed by atoms with Crippen molar-refractivity contribution < 1.29 is 24.6 Å². The van der Waals surface area contributed by atoms with Crippen molar-refractivity contribution in [1.29, 1.82) is 0 Å². The maximum absolute atomic E-state index is 10.6. The Bertz CT molecular complexity index is 221. The van der Waals surface area contributed by atoms with E-state index in [1.54, 1.807) is 0 Å². The van der Waals surface area contributed by atoms with Crippen molar-refractivity contribution in [2.45, 2.75) is 26.2 Å². The van der Waals surface area contributed by atoms with Gasteiger partial charge in [-0.3, -0.25) is 9.59 Å². The summed E-state index contributed by atoms with van der Waals surface area (Å²) in [5, 5.41) is 16.9. The topological polar surface area (TPSA) is 91.7 Å². The van der Waals surface area contributed by atoms with Gasteiger partial charge >= 0.3 is 11.9 Å². The van der Waals surface area contributed by atoms with Crippen LogP contribution in [0.2, 0.25) is 0 Å². The van der Waals surface area contributed by atoms with Gasteiger partial charge < -0.3 is 15.0 Å². The fourth-order valence-electron chi connectivity index (χ4n) is 0.958. The molecule has 0 amide bonds. The van der Waals surface area contributed by atoms with Crippen molar-refractivity contribution in [3.63, 3.8) is 0 Å². The van der Waals surface area contributed by atoms with Gasteiger partial charge in [0.1, 0.15) is 5.78 Å². The van der Waals surface area contributed by atoms with Gasteiger partial charge in [-0.05, 0) is 13.3 Å². The van der Waals surface area contributed by atoms with Crippen LogP contribution in [-0.4, -0.2) is 27.9 Å². The molecule has 0 rings (SSSR count). The Kier molecular flexibility index (Phi) is 4.72. The molecule has 5 heteroatoms. The molecule has 1 atom stereocenters. The second-order valence-corrected chi connectivity index (χ2v) is 2.87. The van der Waals surface area contributed by atoms with Gasteiger partial charge in [0.25, 0.3) is 0 Å². The van der Waals surface area contributed by atoms with Gasteiger partial charge in [-0.15, -0.1) is 0 Å². The number of ketones is 1. The predicted octanol–water partition coefficient (Wildman–Crippen LogP) is 0.531. The lowest BCUT2D eigenvalue weighted by Crippen LogP contribution is -2.17. The van der Waals surface area contributed by atoms with Crippen molar-refractivity contribution in [3.05, 3.63) is 0 Å². The third-order valence-electron chi connectivity index (χ3n) is 1.59. The van der Waals surface area contributed by atoms with Gasteiger partial charge in [-0.1, -0.05) is 0 Å². The first-order valence-electron chi connectivity index (χ1n) is 3.87. The van der Waals surface area contributed by atoms with E-state index in [0.29, 0.717) is 0 Å². The number of hydrogen-bond acceptors (Lipinski definition) is 3. The highest BCUT2D eigenvalue weighted by Crippen LogP contribution is 2.11. The molecule has 0 bridgehead atoms. The molecule has 5 nitrogen and oxygen atoms in total. The van der Waals surface area contributed by atoms with Crippen LogP contribution in [0, 0.1) is 5.92 Å². The van der Waals surface area contributed by atoms with Gasteiger partial charge in [0, 0.05) is 12.8 Å². The van der Waals surface area contributed by atoms with Crippen molar-refractivity contribution in [2.75, 3.05) is 0 Å². The largest absolute Gasteiger partial charge is 0.481 e. The van der Waals surface area contributed by atoms with E-state index in [0.717, 1.165) is 0 Å². The average molecular weight is 188 g/mol. The molecule has 74 valence electrons. The monoisotopic (exact) mass is 188 g/mol. The van der Waals surface area contributed by atoms with Crippen LogP contribution in [-0.2, 0) is 14.4 Å². The molecule has 0 aromatic heterocycles. The van der Waals surface area contributed by atoms with Crippen molar-refractivity contribution >= 4 is 17.7 Å². The molecule has 0 aliphatic carbocycles. The Labute approximate surface area is 75.4 Å². The Balaban J connectivity index is 4.02. The summed E-state index contributed by atoms with van der Waals surface area (Å²) >= 11 is 0. The van der Waals surface area contributed by atoms with E-state index in [4.69, 9.17) is 10.2 Å². The smallest absolute Gasteiger partial charge is 0.306 e. The second-order valence-electron chi connectivity index (χ2n) is 2.87. The van der Waals surface area contributed by atoms with Crippen LogP contribution in [0.15, 0.2) is 0 Å². The Morgan fingerprint density at radius 2 is 1.77 bits per heavy atom. The quantitative estimate of drug-likeness (QED) is 0.634. The third-order valence-corrected chi connectivity index (χ3v) is 1.59. The molecular weight excluding hydrogens is 176 g/mol. The molecule has 2 N–H and O–H groups in total. The summed E-state index contributed by atoms with van der Waals surface area (Å²) in [5.41, 5.74) is 0. The molecule has 13 heavy (non-hydrogen) atoms. The maximum Gasteiger partial charge on any atom is 0.306 e. The maximum atomic E-state index is 10.6. The highest BCUT2D eigenvalue weighted by Gasteiger charge is 2.19. The molecule has 0 aromatic carbocycles. The number of hydrogen-bond donors (Lipinski definition) is 2. The molecule has 0 saturated heterocycles. The van der Waals surface area contributed by atoms with Gasteiger partial charge in [-0.2, -0.15) is 0 Å². The van der Waals surface area contributed by atoms with Gasteiger partial charge in [0.2, 0.25) is 0 Å². The normalized spacial score (nSPS) is 12.1. The predicted molar refractivity (Wildman–Crippen MR) is 43.3 cm³/mol. The number of carboxylic acid groups (broad SMARTS) is 2. The minimum atomic E-state index is -1.11. The highest BCUT2D eigenvalue weighted by atomic mass is 16.4. The summed E-state index contributed by atoms with van der Waals surface area (Å²) in [6, 6.07) is 0. The van der Waals surface area contributed by atoms with E-state index in [1.807, 2.05) is 0 Å². The number of aliphatic carboxylic acids is 2. The minimum Gasteiger partial charge on any atom is -0.481 e.